The van der Waals surface area contributed by atoms with E-state index in [0.717, 1.165) is 37.1 Å². The highest BCUT2D eigenvalue weighted by Crippen LogP contribution is 2.33. The molecule has 0 spiro atoms. The Bertz CT molecular complexity index is 430. The summed E-state index contributed by atoms with van der Waals surface area (Å²) in [6, 6.07) is 11.0. The van der Waals surface area contributed by atoms with E-state index in [1.54, 1.807) is 7.11 Å². The molecule has 0 heterocycles. The third kappa shape index (κ3) is 2.59. The number of ether oxygens (including phenoxy) is 1. The van der Waals surface area contributed by atoms with Crippen LogP contribution in [-0.4, -0.2) is 20.2 Å². The quantitative estimate of drug-likeness (QED) is 0.819. The minimum atomic E-state index is 0.257. The maximum atomic E-state index is 8.93. The summed E-state index contributed by atoms with van der Waals surface area (Å²) in [4.78, 5) is 2.30. The molecular weight excluding hydrogens is 224 g/mol. The molecule has 0 aromatic heterocycles. The summed E-state index contributed by atoms with van der Waals surface area (Å²) in [5.74, 6) is 1.18. The normalized spacial score (nSPS) is 23.2. The SMILES string of the molecule is COc1ccccc1N(C)C1CCC(C#N)CC1. The second-order valence-electron chi connectivity index (χ2n) is 4.92. The molecule has 0 saturated heterocycles. The molecule has 1 aliphatic carbocycles. The molecule has 1 saturated carbocycles. The molecular formula is C15H20N2O. The van der Waals surface area contributed by atoms with Crippen LogP contribution in [0.15, 0.2) is 24.3 Å². The van der Waals surface area contributed by atoms with Crippen LogP contribution in [0.3, 0.4) is 0 Å². The molecule has 0 radical (unpaired) electrons. The van der Waals surface area contributed by atoms with Gasteiger partial charge in [-0.1, -0.05) is 12.1 Å². The van der Waals surface area contributed by atoms with Crippen LogP contribution in [0, 0.1) is 17.2 Å². The van der Waals surface area contributed by atoms with Crippen molar-refractivity contribution < 1.29 is 4.74 Å². The van der Waals surface area contributed by atoms with Gasteiger partial charge in [0.1, 0.15) is 5.75 Å². The third-order valence-corrected chi connectivity index (χ3v) is 3.89. The molecule has 3 heteroatoms. The molecule has 1 aromatic carbocycles. The summed E-state index contributed by atoms with van der Waals surface area (Å²) >= 11 is 0. The number of hydrogen-bond donors (Lipinski definition) is 0. The Hall–Kier alpha value is -1.69. The molecule has 1 aliphatic rings. The Balaban J connectivity index is 2.08. The number of nitriles is 1. The zero-order valence-corrected chi connectivity index (χ0v) is 11.1. The fourth-order valence-electron chi connectivity index (χ4n) is 2.71. The minimum Gasteiger partial charge on any atom is -0.495 e. The largest absolute Gasteiger partial charge is 0.495 e. The standard InChI is InChI=1S/C15H20N2O/c1-17(13-9-7-12(11-16)8-10-13)14-5-3-4-6-15(14)18-2/h3-6,12-13H,7-10H2,1-2H3. The third-order valence-electron chi connectivity index (χ3n) is 3.89. The Kier molecular flexibility index (Phi) is 4.09. The monoisotopic (exact) mass is 244 g/mol. The molecule has 96 valence electrons. The topological polar surface area (TPSA) is 36.3 Å². The molecule has 18 heavy (non-hydrogen) atoms. The first-order chi connectivity index (χ1) is 8.76. The Morgan fingerprint density at radius 2 is 1.89 bits per heavy atom. The lowest BCUT2D eigenvalue weighted by molar-refractivity contribution is 0.367. The van der Waals surface area contributed by atoms with Crippen molar-refractivity contribution >= 4 is 5.69 Å². The lowest BCUT2D eigenvalue weighted by Crippen LogP contribution is -2.35. The van der Waals surface area contributed by atoms with Crippen LogP contribution in [0.25, 0.3) is 0 Å². The van der Waals surface area contributed by atoms with Gasteiger partial charge in [0, 0.05) is 19.0 Å². The summed E-state index contributed by atoms with van der Waals surface area (Å²) in [5.41, 5.74) is 1.14. The van der Waals surface area contributed by atoms with Crippen molar-refractivity contribution in [1.82, 2.24) is 0 Å². The summed E-state index contributed by atoms with van der Waals surface area (Å²) in [7, 11) is 3.83. The summed E-state index contributed by atoms with van der Waals surface area (Å²) < 4.78 is 5.41. The molecule has 0 N–H and O–H groups in total. The lowest BCUT2D eigenvalue weighted by atomic mass is 9.86. The first-order valence-electron chi connectivity index (χ1n) is 6.51. The van der Waals surface area contributed by atoms with E-state index < -0.39 is 0 Å². The fraction of sp³-hybridized carbons (Fsp3) is 0.533. The van der Waals surface area contributed by atoms with Crippen LogP contribution in [0.5, 0.6) is 5.75 Å². The average Bonchev–Trinajstić information content (AvgIpc) is 2.46. The molecule has 2 rings (SSSR count). The summed E-state index contributed by atoms with van der Waals surface area (Å²) in [6.45, 7) is 0. The van der Waals surface area contributed by atoms with Crippen LogP contribution in [-0.2, 0) is 0 Å². The van der Waals surface area contributed by atoms with Gasteiger partial charge >= 0.3 is 0 Å². The van der Waals surface area contributed by atoms with Crippen LogP contribution in [0.2, 0.25) is 0 Å². The number of rotatable bonds is 3. The van der Waals surface area contributed by atoms with Gasteiger partial charge in [0.25, 0.3) is 0 Å². The van der Waals surface area contributed by atoms with E-state index in [0.29, 0.717) is 6.04 Å². The van der Waals surface area contributed by atoms with Crippen molar-refractivity contribution in [2.75, 3.05) is 19.1 Å². The average molecular weight is 244 g/mol. The molecule has 0 bridgehead atoms. The van der Waals surface area contributed by atoms with Gasteiger partial charge in [0.15, 0.2) is 0 Å². The van der Waals surface area contributed by atoms with Gasteiger partial charge < -0.3 is 9.64 Å². The summed E-state index contributed by atoms with van der Waals surface area (Å²) in [6.07, 6.45) is 4.21. The first kappa shape index (κ1) is 12.8. The Labute approximate surface area is 109 Å². The lowest BCUT2D eigenvalue weighted by Gasteiger charge is -2.35. The molecule has 3 nitrogen and oxygen atoms in total. The maximum Gasteiger partial charge on any atom is 0.142 e. The number of nitrogens with zero attached hydrogens (tertiary/aromatic N) is 2. The van der Waals surface area contributed by atoms with Crippen LogP contribution >= 0.6 is 0 Å². The molecule has 0 atom stereocenters. The van der Waals surface area contributed by atoms with Crippen molar-refractivity contribution in [2.45, 2.75) is 31.7 Å². The smallest absolute Gasteiger partial charge is 0.142 e. The highest BCUT2D eigenvalue weighted by Gasteiger charge is 2.25. The van der Waals surface area contributed by atoms with Gasteiger partial charge in [-0.15, -0.1) is 0 Å². The maximum absolute atomic E-state index is 8.93. The van der Waals surface area contributed by atoms with E-state index in [2.05, 4.69) is 24.1 Å². The molecule has 0 aliphatic heterocycles. The summed E-state index contributed by atoms with van der Waals surface area (Å²) in [5, 5.41) is 8.93. The van der Waals surface area contributed by atoms with Crippen molar-refractivity contribution in [3.8, 4) is 11.8 Å². The zero-order chi connectivity index (χ0) is 13.0. The number of benzene rings is 1. The van der Waals surface area contributed by atoms with Gasteiger partial charge in [0.05, 0.1) is 18.9 Å². The van der Waals surface area contributed by atoms with E-state index in [9.17, 15) is 0 Å². The predicted octanol–water partition coefficient (Wildman–Crippen LogP) is 3.21. The fourth-order valence-corrected chi connectivity index (χ4v) is 2.71. The molecule has 0 amide bonds. The Morgan fingerprint density at radius 3 is 2.50 bits per heavy atom. The highest BCUT2D eigenvalue weighted by atomic mass is 16.5. The molecule has 0 unspecified atom stereocenters. The van der Waals surface area contributed by atoms with Crippen molar-refractivity contribution in [1.29, 1.82) is 5.26 Å². The van der Waals surface area contributed by atoms with Crippen LogP contribution in [0.4, 0.5) is 5.69 Å². The predicted molar refractivity (Wildman–Crippen MR) is 72.8 cm³/mol. The van der Waals surface area contributed by atoms with E-state index >= 15 is 0 Å². The number of anilines is 1. The molecule has 1 fully saturated rings. The molecule has 1 aromatic rings. The van der Waals surface area contributed by atoms with Crippen LogP contribution in [0.1, 0.15) is 25.7 Å². The van der Waals surface area contributed by atoms with Crippen molar-refractivity contribution in [3.63, 3.8) is 0 Å². The number of hydrogen-bond acceptors (Lipinski definition) is 3. The number of methoxy groups -OCH3 is 1. The Morgan fingerprint density at radius 1 is 1.22 bits per heavy atom. The van der Waals surface area contributed by atoms with E-state index in [4.69, 9.17) is 10.00 Å². The van der Waals surface area contributed by atoms with E-state index in [-0.39, 0.29) is 5.92 Å². The number of para-hydroxylation sites is 2. The first-order valence-corrected chi connectivity index (χ1v) is 6.51. The second kappa shape index (κ2) is 5.77. The van der Waals surface area contributed by atoms with E-state index in [1.807, 2.05) is 18.2 Å². The van der Waals surface area contributed by atoms with Gasteiger partial charge in [-0.05, 0) is 37.8 Å². The van der Waals surface area contributed by atoms with Crippen molar-refractivity contribution in [3.05, 3.63) is 24.3 Å². The van der Waals surface area contributed by atoms with E-state index in [1.165, 1.54) is 0 Å². The van der Waals surface area contributed by atoms with Gasteiger partial charge in [0.2, 0.25) is 0 Å². The highest BCUT2D eigenvalue weighted by molar-refractivity contribution is 5.58. The van der Waals surface area contributed by atoms with Crippen LogP contribution < -0.4 is 9.64 Å². The van der Waals surface area contributed by atoms with Crippen molar-refractivity contribution in [2.24, 2.45) is 5.92 Å². The van der Waals surface area contributed by atoms with Gasteiger partial charge in [-0.2, -0.15) is 5.26 Å². The zero-order valence-electron chi connectivity index (χ0n) is 11.1. The van der Waals surface area contributed by atoms with Gasteiger partial charge in [-0.25, -0.2) is 0 Å². The minimum absolute atomic E-state index is 0.257. The second-order valence-corrected chi connectivity index (χ2v) is 4.92. The van der Waals surface area contributed by atoms with Gasteiger partial charge in [-0.3, -0.25) is 0 Å².